The summed E-state index contributed by atoms with van der Waals surface area (Å²) in [6.45, 7) is 8.23. The van der Waals surface area contributed by atoms with Crippen LogP contribution in [0.4, 0.5) is 0 Å². The van der Waals surface area contributed by atoms with Gasteiger partial charge >= 0.3 is 0 Å². The summed E-state index contributed by atoms with van der Waals surface area (Å²) in [4.78, 5) is 0. The number of unbranched alkanes of at least 4 members (excludes halogenated alkanes) is 1. The van der Waals surface area contributed by atoms with Gasteiger partial charge in [-0.1, -0.05) is 39.7 Å². The lowest BCUT2D eigenvalue weighted by atomic mass is 10.2. The Morgan fingerprint density at radius 3 is 2.39 bits per heavy atom. The molecule has 102 valence electrons. The fourth-order valence-electron chi connectivity index (χ4n) is 1.37. The van der Waals surface area contributed by atoms with Crippen LogP contribution in [0.3, 0.4) is 0 Å². The maximum Gasteiger partial charge on any atom is 0.231 e. The van der Waals surface area contributed by atoms with Crippen molar-refractivity contribution in [3.63, 3.8) is 0 Å². The Morgan fingerprint density at radius 2 is 1.72 bits per heavy atom. The van der Waals surface area contributed by atoms with Crippen LogP contribution in [0.25, 0.3) is 0 Å². The first kappa shape index (κ1) is 14.8. The molecular weight excluding hydrogens is 228 g/mol. The molecule has 0 bridgehead atoms. The van der Waals surface area contributed by atoms with Crippen LogP contribution in [-0.4, -0.2) is 13.4 Å². The molecule has 0 saturated carbocycles. The van der Waals surface area contributed by atoms with Crippen LogP contribution in [-0.2, 0) is 11.3 Å². The summed E-state index contributed by atoms with van der Waals surface area (Å²) in [5, 5.41) is 0. The average molecular weight is 252 g/mol. The van der Waals surface area contributed by atoms with Crippen molar-refractivity contribution in [1.82, 2.24) is 0 Å². The lowest BCUT2D eigenvalue weighted by Gasteiger charge is -2.03. The first-order valence-corrected chi connectivity index (χ1v) is 6.78. The zero-order chi connectivity index (χ0) is 13.2. The predicted octanol–water partition coefficient (Wildman–Crippen LogP) is 4.15. The summed E-state index contributed by atoms with van der Waals surface area (Å²) in [5.41, 5.74) is 1.13. The Morgan fingerprint density at radius 1 is 1.00 bits per heavy atom. The minimum absolute atomic E-state index is 0.328. The van der Waals surface area contributed by atoms with Crippen LogP contribution in [0.2, 0.25) is 0 Å². The lowest BCUT2D eigenvalue weighted by Crippen LogP contribution is -1.94. The van der Waals surface area contributed by atoms with Crippen molar-refractivity contribution < 1.29 is 14.2 Å². The average Bonchev–Trinajstić information content (AvgIpc) is 2.87. The van der Waals surface area contributed by atoms with E-state index in [9.17, 15) is 0 Å². The van der Waals surface area contributed by atoms with E-state index in [-0.39, 0.29) is 0 Å². The van der Waals surface area contributed by atoms with Gasteiger partial charge in [0.05, 0.1) is 6.61 Å². The van der Waals surface area contributed by atoms with Gasteiger partial charge in [0.25, 0.3) is 0 Å². The number of fused-ring (bicyclic) bond motifs is 1. The molecular formula is C15H24O3. The number of hydrogen-bond donors (Lipinski definition) is 0. The highest BCUT2D eigenvalue weighted by molar-refractivity contribution is 5.44. The maximum atomic E-state index is 5.43. The molecule has 1 aromatic rings. The Kier molecular flexibility index (Phi) is 7.26. The molecule has 3 heteroatoms. The van der Waals surface area contributed by atoms with E-state index in [0.717, 1.165) is 30.1 Å². The number of benzene rings is 1. The van der Waals surface area contributed by atoms with Crippen LogP contribution >= 0.6 is 0 Å². The molecule has 18 heavy (non-hydrogen) atoms. The largest absolute Gasteiger partial charge is 0.454 e. The molecule has 0 radical (unpaired) electrons. The van der Waals surface area contributed by atoms with Gasteiger partial charge in [0.1, 0.15) is 0 Å². The Balaban J connectivity index is 0.000000357. The Hall–Kier alpha value is -1.22. The van der Waals surface area contributed by atoms with Gasteiger partial charge in [-0.2, -0.15) is 0 Å². The van der Waals surface area contributed by atoms with Crippen LogP contribution in [0.15, 0.2) is 18.2 Å². The standard InChI is InChI=1S/C11H14O3.C4H10/c1-2-5-12-7-9-3-4-10-11(6-9)14-8-13-10;1-3-4-2/h3-4,6H,2,5,7-8H2,1H3;3-4H2,1-2H3. The third-order valence-corrected chi connectivity index (χ3v) is 2.55. The zero-order valence-electron chi connectivity index (χ0n) is 11.7. The van der Waals surface area contributed by atoms with Crippen LogP contribution in [0, 0.1) is 0 Å². The normalized spacial score (nSPS) is 11.9. The minimum atomic E-state index is 0.328. The van der Waals surface area contributed by atoms with E-state index in [4.69, 9.17) is 14.2 Å². The van der Waals surface area contributed by atoms with Crippen molar-refractivity contribution in [3.8, 4) is 11.5 Å². The van der Waals surface area contributed by atoms with E-state index < -0.39 is 0 Å². The molecule has 0 unspecified atom stereocenters. The van der Waals surface area contributed by atoms with Crippen molar-refractivity contribution in [3.05, 3.63) is 23.8 Å². The summed E-state index contributed by atoms with van der Waals surface area (Å²) < 4.78 is 15.9. The molecule has 0 spiro atoms. The van der Waals surface area contributed by atoms with E-state index >= 15 is 0 Å². The third-order valence-electron chi connectivity index (χ3n) is 2.55. The van der Waals surface area contributed by atoms with Gasteiger partial charge in [-0.05, 0) is 24.1 Å². The predicted molar refractivity (Wildman–Crippen MR) is 73.1 cm³/mol. The molecule has 1 heterocycles. The van der Waals surface area contributed by atoms with Crippen molar-refractivity contribution in [1.29, 1.82) is 0 Å². The van der Waals surface area contributed by atoms with Crippen LogP contribution in [0.5, 0.6) is 11.5 Å². The molecule has 0 amide bonds. The van der Waals surface area contributed by atoms with Crippen molar-refractivity contribution >= 4 is 0 Å². The lowest BCUT2D eigenvalue weighted by molar-refractivity contribution is 0.121. The van der Waals surface area contributed by atoms with Crippen molar-refractivity contribution in [2.24, 2.45) is 0 Å². The van der Waals surface area contributed by atoms with Gasteiger partial charge in [-0.3, -0.25) is 0 Å². The first-order chi connectivity index (χ1) is 8.81. The molecule has 1 aliphatic rings. The van der Waals surface area contributed by atoms with Crippen LogP contribution in [0.1, 0.15) is 45.6 Å². The van der Waals surface area contributed by atoms with E-state index in [2.05, 4.69) is 20.8 Å². The summed E-state index contributed by atoms with van der Waals surface area (Å²) in [7, 11) is 0. The molecule has 0 atom stereocenters. The fourth-order valence-corrected chi connectivity index (χ4v) is 1.37. The Bertz CT molecular complexity index is 335. The number of hydrogen-bond acceptors (Lipinski definition) is 3. The summed E-state index contributed by atoms with van der Waals surface area (Å²) in [6, 6.07) is 5.90. The van der Waals surface area contributed by atoms with Crippen LogP contribution < -0.4 is 9.47 Å². The highest BCUT2D eigenvalue weighted by Gasteiger charge is 2.12. The van der Waals surface area contributed by atoms with E-state index in [1.54, 1.807) is 0 Å². The quantitative estimate of drug-likeness (QED) is 0.737. The molecule has 0 aliphatic carbocycles. The van der Waals surface area contributed by atoms with Gasteiger partial charge in [0, 0.05) is 6.61 Å². The van der Waals surface area contributed by atoms with Gasteiger partial charge in [0.2, 0.25) is 6.79 Å². The molecule has 0 fully saturated rings. The van der Waals surface area contributed by atoms with Crippen molar-refractivity contribution in [2.75, 3.05) is 13.4 Å². The van der Waals surface area contributed by atoms with E-state index in [1.165, 1.54) is 12.8 Å². The van der Waals surface area contributed by atoms with E-state index in [0.29, 0.717) is 13.4 Å². The molecule has 1 aromatic carbocycles. The second-order valence-corrected chi connectivity index (χ2v) is 4.24. The molecule has 1 aliphatic heterocycles. The monoisotopic (exact) mass is 252 g/mol. The highest BCUT2D eigenvalue weighted by Crippen LogP contribution is 2.32. The third kappa shape index (κ3) is 4.96. The highest BCUT2D eigenvalue weighted by atomic mass is 16.7. The molecule has 0 aromatic heterocycles. The Labute approximate surface area is 110 Å². The van der Waals surface area contributed by atoms with Gasteiger partial charge in [0.15, 0.2) is 11.5 Å². The number of rotatable bonds is 5. The van der Waals surface area contributed by atoms with Gasteiger partial charge in [-0.15, -0.1) is 0 Å². The zero-order valence-corrected chi connectivity index (χ0v) is 11.7. The summed E-state index contributed by atoms with van der Waals surface area (Å²) >= 11 is 0. The molecule has 3 nitrogen and oxygen atoms in total. The smallest absolute Gasteiger partial charge is 0.231 e. The molecule has 0 saturated heterocycles. The second kappa shape index (κ2) is 8.81. The maximum absolute atomic E-state index is 5.43. The second-order valence-electron chi connectivity index (χ2n) is 4.24. The van der Waals surface area contributed by atoms with Gasteiger partial charge in [-0.25, -0.2) is 0 Å². The molecule has 0 N–H and O–H groups in total. The summed E-state index contributed by atoms with van der Waals surface area (Å²) in [5.74, 6) is 1.65. The topological polar surface area (TPSA) is 27.7 Å². The number of ether oxygens (including phenoxy) is 3. The minimum Gasteiger partial charge on any atom is -0.454 e. The fraction of sp³-hybridized carbons (Fsp3) is 0.600. The molecule has 2 rings (SSSR count). The summed E-state index contributed by atoms with van der Waals surface area (Å²) in [6.07, 6.45) is 3.69. The van der Waals surface area contributed by atoms with Gasteiger partial charge < -0.3 is 14.2 Å². The first-order valence-electron chi connectivity index (χ1n) is 6.78. The SMILES string of the molecule is CCCC.CCCOCc1ccc2c(c1)OCO2. The van der Waals surface area contributed by atoms with Crippen molar-refractivity contribution in [2.45, 2.75) is 46.6 Å². The van der Waals surface area contributed by atoms with E-state index in [1.807, 2.05) is 18.2 Å².